The lowest BCUT2D eigenvalue weighted by Crippen LogP contribution is -2.41. The van der Waals surface area contributed by atoms with Crippen molar-refractivity contribution in [1.29, 1.82) is 0 Å². The number of nitrogens with one attached hydrogen (secondary N) is 1. The molecule has 1 saturated heterocycles. The molecule has 0 unspecified atom stereocenters. The summed E-state index contributed by atoms with van der Waals surface area (Å²) in [7, 11) is 0. The van der Waals surface area contributed by atoms with Gasteiger partial charge in [-0.05, 0) is 40.6 Å². The zero-order valence-corrected chi connectivity index (χ0v) is 13.9. The Bertz CT molecular complexity index is 844. The molecule has 1 aliphatic rings. The summed E-state index contributed by atoms with van der Waals surface area (Å²) in [6, 6.07) is 9.80. The molecule has 0 saturated carbocycles. The van der Waals surface area contributed by atoms with Crippen LogP contribution in [0.15, 0.2) is 41.1 Å². The van der Waals surface area contributed by atoms with Crippen LogP contribution in [0.4, 0.5) is 0 Å². The number of amides is 1. The summed E-state index contributed by atoms with van der Waals surface area (Å²) in [6.45, 7) is 2.38. The number of hydrogen-bond acceptors (Lipinski definition) is 4. The Balaban J connectivity index is 1.76. The van der Waals surface area contributed by atoms with Gasteiger partial charge in [-0.3, -0.25) is 4.79 Å². The standard InChI is InChI=1S/C18H17N3O2S/c22-18(21-6-8-23-9-7-21)14(11-13-5-10-24-12-13)17-19-15-3-1-2-4-16(15)20-17/h1-5,10-12H,6-9H2,(H,19,20). The number of nitrogens with zero attached hydrogens (tertiary/aromatic N) is 2. The number of benzene rings is 1. The quantitative estimate of drug-likeness (QED) is 0.746. The zero-order chi connectivity index (χ0) is 16.4. The van der Waals surface area contributed by atoms with Gasteiger partial charge in [-0.25, -0.2) is 4.98 Å². The van der Waals surface area contributed by atoms with Crippen molar-refractivity contribution in [2.75, 3.05) is 26.3 Å². The Morgan fingerprint density at radius 3 is 2.83 bits per heavy atom. The molecule has 1 N–H and O–H groups in total. The van der Waals surface area contributed by atoms with Crippen molar-refractivity contribution in [3.63, 3.8) is 0 Å². The SMILES string of the molecule is O=C(C(=Cc1ccsc1)c1nc2ccccc2[nH]1)N1CCOCC1. The molecule has 5 nitrogen and oxygen atoms in total. The van der Waals surface area contributed by atoms with Gasteiger partial charge in [0.15, 0.2) is 0 Å². The number of ether oxygens (including phenoxy) is 1. The van der Waals surface area contributed by atoms with Crippen molar-refractivity contribution < 1.29 is 9.53 Å². The summed E-state index contributed by atoms with van der Waals surface area (Å²) < 4.78 is 5.35. The van der Waals surface area contributed by atoms with Crippen LogP contribution in [0, 0.1) is 0 Å². The molecular weight excluding hydrogens is 322 g/mol. The molecule has 0 bridgehead atoms. The monoisotopic (exact) mass is 339 g/mol. The average Bonchev–Trinajstić information content (AvgIpc) is 3.29. The van der Waals surface area contributed by atoms with Gasteiger partial charge in [0.05, 0.1) is 29.8 Å². The molecule has 1 aromatic carbocycles. The molecular formula is C18H17N3O2S. The predicted octanol–water partition coefficient (Wildman–Crippen LogP) is 3.02. The summed E-state index contributed by atoms with van der Waals surface area (Å²) in [5.41, 5.74) is 3.39. The molecule has 0 atom stereocenters. The number of aromatic nitrogens is 2. The maximum Gasteiger partial charge on any atom is 0.257 e. The van der Waals surface area contributed by atoms with E-state index in [4.69, 9.17) is 4.74 Å². The minimum atomic E-state index is -0.0106. The second-order valence-electron chi connectivity index (χ2n) is 5.62. The third-order valence-electron chi connectivity index (χ3n) is 4.03. The highest BCUT2D eigenvalue weighted by atomic mass is 32.1. The number of thiophene rings is 1. The summed E-state index contributed by atoms with van der Waals surface area (Å²) >= 11 is 1.61. The summed E-state index contributed by atoms with van der Waals surface area (Å²) in [5, 5.41) is 4.02. The van der Waals surface area contributed by atoms with Gasteiger partial charge in [-0.15, -0.1) is 0 Å². The summed E-state index contributed by atoms with van der Waals surface area (Å²) in [4.78, 5) is 22.8. The first-order chi connectivity index (χ1) is 11.8. The van der Waals surface area contributed by atoms with E-state index in [0.29, 0.717) is 37.7 Å². The van der Waals surface area contributed by atoms with E-state index >= 15 is 0 Å². The first kappa shape index (κ1) is 15.1. The minimum Gasteiger partial charge on any atom is -0.378 e. The molecule has 6 heteroatoms. The molecule has 2 aromatic heterocycles. The smallest absolute Gasteiger partial charge is 0.257 e. The topological polar surface area (TPSA) is 58.2 Å². The zero-order valence-electron chi connectivity index (χ0n) is 13.1. The first-order valence-corrected chi connectivity index (χ1v) is 8.81. The lowest BCUT2D eigenvalue weighted by molar-refractivity contribution is -0.128. The Kier molecular flexibility index (Phi) is 4.15. The van der Waals surface area contributed by atoms with Crippen molar-refractivity contribution in [2.24, 2.45) is 0 Å². The van der Waals surface area contributed by atoms with Crippen LogP contribution in [0.3, 0.4) is 0 Å². The van der Waals surface area contributed by atoms with E-state index in [9.17, 15) is 4.79 Å². The summed E-state index contributed by atoms with van der Waals surface area (Å²) in [5.74, 6) is 0.599. The van der Waals surface area contributed by atoms with Gasteiger partial charge in [0.1, 0.15) is 5.82 Å². The van der Waals surface area contributed by atoms with Crippen LogP contribution in [0.1, 0.15) is 11.4 Å². The number of morpholine rings is 1. The number of rotatable bonds is 3. The maximum atomic E-state index is 13.0. The Morgan fingerprint density at radius 2 is 2.08 bits per heavy atom. The number of H-pyrrole nitrogens is 1. The van der Waals surface area contributed by atoms with Crippen molar-refractivity contribution in [2.45, 2.75) is 0 Å². The van der Waals surface area contributed by atoms with E-state index in [1.54, 1.807) is 11.3 Å². The van der Waals surface area contributed by atoms with Crippen molar-refractivity contribution in [3.05, 3.63) is 52.5 Å². The van der Waals surface area contributed by atoms with E-state index in [1.807, 2.05) is 52.1 Å². The molecule has 3 heterocycles. The highest BCUT2D eigenvalue weighted by Crippen LogP contribution is 2.23. The fourth-order valence-electron chi connectivity index (χ4n) is 2.77. The molecule has 1 fully saturated rings. The van der Waals surface area contributed by atoms with Gasteiger partial charge < -0.3 is 14.6 Å². The molecule has 24 heavy (non-hydrogen) atoms. The fourth-order valence-corrected chi connectivity index (χ4v) is 3.39. The van der Waals surface area contributed by atoms with Crippen molar-refractivity contribution in [1.82, 2.24) is 14.9 Å². The average molecular weight is 339 g/mol. The lowest BCUT2D eigenvalue weighted by Gasteiger charge is -2.27. The summed E-state index contributed by atoms with van der Waals surface area (Å²) in [6.07, 6.45) is 1.91. The van der Waals surface area contributed by atoms with E-state index in [1.165, 1.54) is 0 Å². The van der Waals surface area contributed by atoms with Crippen LogP contribution in [-0.2, 0) is 9.53 Å². The molecule has 0 spiro atoms. The van der Waals surface area contributed by atoms with E-state index in [2.05, 4.69) is 9.97 Å². The van der Waals surface area contributed by atoms with E-state index in [-0.39, 0.29) is 5.91 Å². The van der Waals surface area contributed by atoms with Crippen LogP contribution < -0.4 is 0 Å². The number of imidazole rings is 1. The van der Waals surface area contributed by atoms with Gasteiger partial charge in [-0.1, -0.05) is 12.1 Å². The second kappa shape index (κ2) is 6.59. The lowest BCUT2D eigenvalue weighted by atomic mass is 10.1. The number of carbonyl (C=O) groups excluding carboxylic acids is 1. The van der Waals surface area contributed by atoms with Crippen LogP contribution in [0.25, 0.3) is 22.7 Å². The van der Waals surface area contributed by atoms with Gasteiger partial charge in [0.2, 0.25) is 0 Å². The number of carbonyl (C=O) groups is 1. The highest BCUT2D eigenvalue weighted by molar-refractivity contribution is 7.08. The Morgan fingerprint density at radius 1 is 1.25 bits per heavy atom. The normalized spacial score (nSPS) is 15.8. The third-order valence-corrected chi connectivity index (χ3v) is 4.73. The highest BCUT2D eigenvalue weighted by Gasteiger charge is 2.24. The van der Waals surface area contributed by atoms with Gasteiger partial charge in [-0.2, -0.15) is 11.3 Å². The molecule has 3 aromatic rings. The number of aromatic amines is 1. The van der Waals surface area contributed by atoms with E-state index in [0.717, 1.165) is 16.6 Å². The molecule has 1 amide bonds. The maximum absolute atomic E-state index is 13.0. The van der Waals surface area contributed by atoms with E-state index < -0.39 is 0 Å². The Hall–Kier alpha value is -2.44. The van der Waals surface area contributed by atoms with Gasteiger partial charge in [0.25, 0.3) is 5.91 Å². The predicted molar refractivity (Wildman–Crippen MR) is 95.7 cm³/mol. The van der Waals surface area contributed by atoms with Crippen LogP contribution in [-0.4, -0.2) is 47.1 Å². The number of fused-ring (bicyclic) bond motifs is 1. The fraction of sp³-hybridized carbons (Fsp3) is 0.222. The van der Waals surface area contributed by atoms with Crippen LogP contribution in [0.2, 0.25) is 0 Å². The number of para-hydroxylation sites is 2. The molecule has 0 radical (unpaired) electrons. The Labute approximate surface area is 143 Å². The first-order valence-electron chi connectivity index (χ1n) is 7.87. The number of hydrogen-bond donors (Lipinski definition) is 1. The molecule has 122 valence electrons. The molecule has 1 aliphatic heterocycles. The second-order valence-corrected chi connectivity index (χ2v) is 6.40. The van der Waals surface area contributed by atoms with Crippen LogP contribution in [0.5, 0.6) is 0 Å². The van der Waals surface area contributed by atoms with Crippen LogP contribution >= 0.6 is 11.3 Å². The largest absolute Gasteiger partial charge is 0.378 e. The van der Waals surface area contributed by atoms with Gasteiger partial charge in [0, 0.05) is 13.1 Å². The van der Waals surface area contributed by atoms with Gasteiger partial charge >= 0.3 is 0 Å². The third kappa shape index (κ3) is 2.98. The molecule has 0 aliphatic carbocycles. The van der Waals surface area contributed by atoms with Crippen molar-refractivity contribution >= 4 is 39.9 Å². The molecule has 4 rings (SSSR count). The van der Waals surface area contributed by atoms with Crippen molar-refractivity contribution in [3.8, 4) is 0 Å². The minimum absolute atomic E-state index is 0.0106.